The van der Waals surface area contributed by atoms with Gasteiger partial charge in [-0.1, -0.05) is 13.0 Å². The molecule has 1 aromatic carbocycles. The maximum Gasteiger partial charge on any atom is 0.414 e. The lowest BCUT2D eigenvalue weighted by molar-refractivity contribution is -0.134. The van der Waals surface area contributed by atoms with Gasteiger partial charge in [0, 0.05) is 36.8 Å². The molecule has 7 heteroatoms. The zero-order valence-corrected chi connectivity index (χ0v) is 15.1. The highest BCUT2D eigenvalue weighted by Gasteiger charge is 2.27. The van der Waals surface area contributed by atoms with Gasteiger partial charge in [-0.25, -0.2) is 4.79 Å². The first kappa shape index (κ1) is 18.2. The lowest BCUT2D eigenvalue weighted by atomic mass is 9.95. The molecule has 3 amide bonds. The Bertz CT molecular complexity index is 683. The molecule has 0 aliphatic carbocycles. The number of nitrogens with zero attached hydrogens (tertiary/aromatic N) is 2. The summed E-state index contributed by atoms with van der Waals surface area (Å²) < 4.78 is 4.95. The van der Waals surface area contributed by atoms with Crippen LogP contribution in [0.1, 0.15) is 32.6 Å². The number of anilines is 2. The van der Waals surface area contributed by atoms with Crippen LogP contribution in [-0.2, 0) is 14.3 Å². The molecular weight excluding hydrogens is 334 g/mol. The highest BCUT2D eigenvalue weighted by Crippen LogP contribution is 2.24. The van der Waals surface area contributed by atoms with Gasteiger partial charge in [0.05, 0.1) is 6.54 Å². The second kappa shape index (κ2) is 8.21. The second-order valence-corrected chi connectivity index (χ2v) is 6.71. The molecule has 2 fully saturated rings. The SMILES string of the molecule is CCCC(=O)N1CCC(C(=O)Nc2cccc(N3CCOC3=O)c2)CC1. The summed E-state index contributed by atoms with van der Waals surface area (Å²) in [6, 6.07) is 7.22. The lowest BCUT2D eigenvalue weighted by Crippen LogP contribution is -2.41. The van der Waals surface area contributed by atoms with E-state index < -0.39 is 0 Å². The van der Waals surface area contributed by atoms with E-state index in [4.69, 9.17) is 4.74 Å². The number of likely N-dealkylation sites (tertiary alicyclic amines) is 1. The maximum absolute atomic E-state index is 12.5. The molecule has 0 atom stereocenters. The third-order valence-corrected chi connectivity index (χ3v) is 4.87. The van der Waals surface area contributed by atoms with Crippen molar-refractivity contribution in [1.29, 1.82) is 0 Å². The summed E-state index contributed by atoms with van der Waals surface area (Å²) >= 11 is 0. The third kappa shape index (κ3) is 4.15. The number of rotatable bonds is 5. The third-order valence-electron chi connectivity index (χ3n) is 4.87. The van der Waals surface area contributed by atoms with Crippen LogP contribution in [0.5, 0.6) is 0 Å². The Morgan fingerprint density at radius 3 is 2.65 bits per heavy atom. The Morgan fingerprint density at radius 1 is 1.23 bits per heavy atom. The van der Waals surface area contributed by atoms with Gasteiger partial charge in [0.15, 0.2) is 0 Å². The van der Waals surface area contributed by atoms with Crippen molar-refractivity contribution >= 4 is 29.3 Å². The number of hydrogen-bond acceptors (Lipinski definition) is 4. The number of amides is 3. The molecule has 2 heterocycles. The first-order chi connectivity index (χ1) is 12.6. The van der Waals surface area contributed by atoms with E-state index in [2.05, 4.69) is 5.32 Å². The summed E-state index contributed by atoms with van der Waals surface area (Å²) in [5.74, 6) is 0.0476. The fourth-order valence-electron chi connectivity index (χ4n) is 3.39. The normalized spacial score (nSPS) is 18.0. The highest BCUT2D eigenvalue weighted by atomic mass is 16.6. The Morgan fingerprint density at radius 2 is 2.00 bits per heavy atom. The van der Waals surface area contributed by atoms with E-state index in [9.17, 15) is 14.4 Å². The van der Waals surface area contributed by atoms with Crippen molar-refractivity contribution in [2.45, 2.75) is 32.6 Å². The van der Waals surface area contributed by atoms with E-state index >= 15 is 0 Å². The molecule has 0 unspecified atom stereocenters. The van der Waals surface area contributed by atoms with Crippen LogP contribution < -0.4 is 10.2 Å². The first-order valence-corrected chi connectivity index (χ1v) is 9.21. The number of piperidine rings is 1. The van der Waals surface area contributed by atoms with Crippen molar-refractivity contribution in [3.8, 4) is 0 Å². The van der Waals surface area contributed by atoms with Crippen molar-refractivity contribution in [1.82, 2.24) is 4.90 Å². The van der Waals surface area contributed by atoms with E-state index in [-0.39, 0.29) is 23.8 Å². The highest BCUT2D eigenvalue weighted by molar-refractivity contribution is 5.95. The minimum absolute atomic E-state index is 0.0336. The first-order valence-electron chi connectivity index (χ1n) is 9.21. The standard InChI is InChI=1S/C19H25N3O4/c1-2-4-17(23)21-9-7-14(8-10-21)18(24)20-15-5-3-6-16(13-15)22-11-12-26-19(22)25/h3,5-6,13-14H,2,4,7-12H2,1H3,(H,20,24). The quantitative estimate of drug-likeness (QED) is 0.876. The van der Waals surface area contributed by atoms with Crippen molar-refractivity contribution in [2.24, 2.45) is 5.92 Å². The van der Waals surface area contributed by atoms with E-state index in [1.54, 1.807) is 11.0 Å². The number of cyclic esters (lactones) is 1. The van der Waals surface area contributed by atoms with Gasteiger partial charge in [0.2, 0.25) is 11.8 Å². The van der Waals surface area contributed by atoms with Gasteiger partial charge in [0.1, 0.15) is 6.61 Å². The zero-order valence-electron chi connectivity index (χ0n) is 15.1. The Kier molecular flexibility index (Phi) is 5.75. The number of carbonyl (C=O) groups is 3. The molecule has 140 valence electrons. The molecule has 2 saturated heterocycles. The van der Waals surface area contributed by atoms with Crippen molar-refractivity contribution in [2.75, 3.05) is 36.5 Å². The van der Waals surface area contributed by atoms with Crippen LogP contribution in [-0.4, -0.2) is 49.0 Å². The molecule has 1 aromatic rings. The lowest BCUT2D eigenvalue weighted by Gasteiger charge is -2.31. The van der Waals surface area contributed by atoms with Crippen molar-refractivity contribution < 1.29 is 19.1 Å². The molecule has 2 aliphatic rings. The fourth-order valence-corrected chi connectivity index (χ4v) is 3.39. The molecule has 7 nitrogen and oxygen atoms in total. The summed E-state index contributed by atoms with van der Waals surface area (Å²) in [5.41, 5.74) is 1.38. The molecule has 0 bridgehead atoms. The van der Waals surface area contributed by atoms with Crippen molar-refractivity contribution in [3.05, 3.63) is 24.3 Å². The van der Waals surface area contributed by atoms with E-state index in [1.165, 1.54) is 0 Å². The molecule has 0 spiro atoms. The fraction of sp³-hybridized carbons (Fsp3) is 0.526. The Balaban J connectivity index is 1.56. The number of carbonyl (C=O) groups excluding carboxylic acids is 3. The summed E-state index contributed by atoms with van der Waals surface area (Å²) in [4.78, 5) is 39.6. The van der Waals surface area contributed by atoms with Gasteiger partial charge in [-0.05, 0) is 37.5 Å². The minimum Gasteiger partial charge on any atom is -0.447 e. The Hall–Kier alpha value is -2.57. The van der Waals surface area contributed by atoms with E-state index in [1.807, 2.05) is 30.0 Å². The number of ether oxygens (including phenoxy) is 1. The summed E-state index contributed by atoms with van der Waals surface area (Å²) in [5, 5.41) is 2.94. The van der Waals surface area contributed by atoms with Crippen LogP contribution in [0.25, 0.3) is 0 Å². The van der Waals surface area contributed by atoms with Crippen LogP contribution >= 0.6 is 0 Å². The second-order valence-electron chi connectivity index (χ2n) is 6.71. The molecular formula is C19H25N3O4. The van der Waals surface area contributed by atoms with Gasteiger partial charge >= 0.3 is 6.09 Å². The predicted molar refractivity (Wildman–Crippen MR) is 98.0 cm³/mol. The topological polar surface area (TPSA) is 79.0 Å². The van der Waals surface area contributed by atoms with E-state index in [0.29, 0.717) is 56.9 Å². The van der Waals surface area contributed by atoms with E-state index in [0.717, 1.165) is 6.42 Å². The smallest absolute Gasteiger partial charge is 0.414 e. The molecule has 26 heavy (non-hydrogen) atoms. The van der Waals surface area contributed by atoms with Gasteiger partial charge in [0.25, 0.3) is 0 Å². The molecule has 0 radical (unpaired) electrons. The molecule has 3 rings (SSSR count). The monoisotopic (exact) mass is 359 g/mol. The minimum atomic E-state index is -0.363. The maximum atomic E-state index is 12.5. The van der Waals surface area contributed by atoms with Crippen LogP contribution in [0.4, 0.5) is 16.2 Å². The molecule has 1 N–H and O–H groups in total. The van der Waals surface area contributed by atoms with Gasteiger partial charge in [-0.2, -0.15) is 0 Å². The van der Waals surface area contributed by atoms with Crippen LogP contribution in [0, 0.1) is 5.92 Å². The number of benzene rings is 1. The van der Waals surface area contributed by atoms with Crippen LogP contribution in [0.15, 0.2) is 24.3 Å². The predicted octanol–water partition coefficient (Wildman–Crippen LogP) is 2.62. The zero-order chi connectivity index (χ0) is 18.5. The summed E-state index contributed by atoms with van der Waals surface area (Å²) in [6.45, 7) is 4.16. The van der Waals surface area contributed by atoms with Crippen molar-refractivity contribution in [3.63, 3.8) is 0 Å². The Labute approximate surface area is 153 Å². The van der Waals surface area contributed by atoms with Crippen LogP contribution in [0.2, 0.25) is 0 Å². The summed E-state index contributed by atoms with van der Waals surface area (Å²) in [7, 11) is 0. The van der Waals surface area contributed by atoms with Gasteiger partial charge in [-0.3, -0.25) is 14.5 Å². The number of nitrogens with one attached hydrogen (secondary N) is 1. The molecule has 2 aliphatic heterocycles. The van der Waals surface area contributed by atoms with Gasteiger partial charge < -0.3 is 15.0 Å². The summed E-state index contributed by atoms with van der Waals surface area (Å²) in [6.07, 6.45) is 2.42. The average Bonchev–Trinajstić information content (AvgIpc) is 3.08. The van der Waals surface area contributed by atoms with Gasteiger partial charge in [-0.15, -0.1) is 0 Å². The largest absolute Gasteiger partial charge is 0.447 e. The van der Waals surface area contributed by atoms with Crippen LogP contribution in [0.3, 0.4) is 0 Å². The average molecular weight is 359 g/mol. The molecule has 0 aromatic heterocycles. The number of hydrogen-bond donors (Lipinski definition) is 1. The molecule has 0 saturated carbocycles.